The molecule has 1 aliphatic rings. The fourth-order valence-corrected chi connectivity index (χ4v) is 2.36. The molecule has 4 atom stereocenters. The Morgan fingerprint density at radius 2 is 2.33 bits per heavy atom. The first kappa shape index (κ1) is 14.1. The number of ether oxygens (including phenoxy) is 1. The van der Waals surface area contributed by atoms with E-state index in [1.807, 2.05) is 0 Å². The van der Waals surface area contributed by atoms with Crippen molar-refractivity contribution in [3.8, 4) is 0 Å². The summed E-state index contributed by atoms with van der Waals surface area (Å²) in [6.45, 7) is -0.387. The van der Waals surface area contributed by atoms with E-state index in [1.54, 1.807) is 0 Å². The van der Waals surface area contributed by atoms with Gasteiger partial charge in [0.1, 0.15) is 12.2 Å². The zero-order valence-electron chi connectivity index (χ0n) is 11.0. The number of imidazole rings is 1. The standard InChI is InChI=1S/C11H14N4O6/c1-19-21-8-7(17)5(2-16)20-11(8)15-4-14-6-9(15)12-3-13-10(6)18/h3-5,7-8,11,16-17H,2H2,1H3,(H,12,13,18)/t5-,7-,8-,11-/m1/s1. The summed E-state index contributed by atoms with van der Waals surface area (Å²) in [6.07, 6.45) is -1.07. The number of aromatic amines is 1. The molecule has 1 saturated heterocycles. The molecular weight excluding hydrogens is 284 g/mol. The minimum absolute atomic E-state index is 0.138. The summed E-state index contributed by atoms with van der Waals surface area (Å²) in [7, 11) is 1.30. The Morgan fingerprint density at radius 3 is 3.05 bits per heavy atom. The summed E-state index contributed by atoms with van der Waals surface area (Å²) in [4.78, 5) is 31.7. The van der Waals surface area contributed by atoms with Crippen LogP contribution >= 0.6 is 0 Å². The predicted octanol–water partition coefficient (Wildman–Crippen LogP) is -1.68. The van der Waals surface area contributed by atoms with E-state index in [9.17, 15) is 15.0 Å². The average molecular weight is 298 g/mol. The summed E-state index contributed by atoms with van der Waals surface area (Å²) in [5.41, 5.74) is 0.0265. The minimum atomic E-state index is -1.10. The molecule has 3 rings (SSSR count). The van der Waals surface area contributed by atoms with Crippen molar-refractivity contribution < 1.29 is 24.7 Å². The summed E-state index contributed by atoms with van der Waals surface area (Å²) in [5, 5.41) is 19.3. The van der Waals surface area contributed by atoms with Gasteiger partial charge in [-0.05, 0) is 0 Å². The maximum Gasteiger partial charge on any atom is 0.278 e. The molecule has 1 aliphatic heterocycles. The second-order valence-electron chi connectivity index (χ2n) is 4.52. The van der Waals surface area contributed by atoms with E-state index in [0.29, 0.717) is 0 Å². The fraction of sp³-hybridized carbons (Fsp3) is 0.545. The highest BCUT2D eigenvalue weighted by Gasteiger charge is 2.46. The van der Waals surface area contributed by atoms with Crippen LogP contribution in [0.1, 0.15) is 6.23 Å². The zero-order chi connectivity index (χ0) is 15.0. The lowest BCUT2D eigenvalue weighted by Crippen LogP contribution is -2.35. The number of H-pyrrole nitrogens is 1. The first-order valence-electron chi connectivity index (χ1n) is 6.21. The predicted molar refractivity (Wildman–Crippen MR) is 67.0 cm³/mol. The molecule has 2 aromatic rings. The summed E-state index contributed by atoms with van der Waals surface area (Å²) in [5.74, 6) is 0. The van der Waals surface area contributed by atoms with Gasteiger partial charge in [-0.1, -0.05) is 0 Å². The summed E-state index contributed by atoms with van der Waals surface area (Å²) < 4.78 is 7.00. The molecule has 0 saturated carbocycles. The van der Waals surface area contributed by atoms with Gasteiger partial charge in [0.25, 0.3) is 5.56 Å². The van der Waals surface area contributed by atoms with Crippen LogP contribution in [0.25, 0.3) is 11.2 Å². The van der Waals surface area contributed by atoms with Crippen LogP contribution in [0, 0.1) is 0 Å². The third-order valence-corrected chi connectivity index (χ3v) is 3.34. The molecule has 0 aliphatic carbocycles. The largest absolute Gasteiger partial charge is 0.394 e. The number of fused-ring (bicyclic) bond motifs is 1. The van der Waals surface area contributed by atoms with Crippen LogP contribution in [0.4, 0.5) is 0 Å². The van der Waals surface area contributed by atoms with Gasteiger partial charge in [0, 0.05) is 0 Å². The van der Waals surface area contributed by atoms with Gasteiger partial charge >= 0.3 is 0 Å². The maximum atomic E-state index is 11.6. The van der Waals surface area contributed by atoms with Crippen molar-refractivity contribution in [1.82, 2.24) is 19.5 Å². The zero-order valence-corrected chi connectivity index (χ0v) is 11.0. The third-order valence-electron chi connectivity index (χ3n) is 3.34. The van der Waals surface area contributed by atoms with E-state index in [-0.39, 0.29) is 23.3 Å². The Morgan fingerprint density at radius 1 is 1.52 bits per heavy atom. The van der Waals surface area contributed by atoms with Gasteiger partial charge in [-0.2, -0.15) is 0 Å². The van der Waals surface area contributed by atoms with E-state index < -0.39 is 24.5 Å². The van der Waals surface area contributed by atoms with Crippen LogP contribution in [0.3, 0.4) is 0 Å². The van der Waals surface area contributed by atoms with Crippen LogP contribution in [0.15, 0.2) is 17.4 Å². The number of aliphatic hydroxyl groups is 2. The van der Waals surface area contributed by atoms with Gasteiger partial charge in [0.2, 0.25) is 0 Å². The van der Waals surface area contributed by atoms with E-state index >= 15 is 0 Å². The molecule has 0 bridgehead atoms. The maximum absolute atomic E-state index is 11.6. The Hall–Kier alpha value is -1.85. The molecular formula is C11H14N4O6. The lowest BCUT2D eigenvalue weighted by molar-refractivity contribution is -0.327. The molecule has 0 spiro atoms. The van der Waals surface area contributed by atoms with Crippen LogP contribution in [-0.2, 0) is 14.5 Å². The van der Waals surface area contributed by atoms with E-state index in [4.69, 9.17) is 9.62 Å². The van der Waals surface area contributed by atoms with Crippen molar-refractivity contribution >= 4 is 11.2 Å². The molecule has 2 aromatic heterocycles. The molecule has 21 heavy (non-hydrogen) atoms. The first-order valence-corrected chi connectivity index (χ1v) is 6.21. The quantitative estimate of drug-likeness (QED) is 0.450. The molecule has 114 valence electrons. The molecule has 10 heteroatoms. The summed E-state index contributed by atoms with van der Waals surface area (Å²) >= 11 is 0. The van der Waals surface area contributed by atoms with Gasteiger partial charge < -0.3 is 19.9 Å². The Balaban J connectivity index is 2.04. The molecule has 3 heterocycles. The lowest BCUT2D eigenvalue weighted by Gasteiger charge is -2.19. The smallest absolute Gasteiger partial charge is 0.278 e. The van der Waals surface area contributed by atoms with E-state index in [2.05, 4.69) is 19.8 Å². The molecule has 10 nitrogen and oxygen atoms in total. The number of aliphatic hydroxyl groups excluding tert-OH is 2. The fourth-order valence-electron chi connectivity index (χ4n) is 2.36. The molecule has 3 N–H and O–H groups in total. The van der Waals surface area contributed by atoms with Gasteiger partial charge in [0.15, 0.2) is 23.5 Å². The van der Waals surface area contributed by atoms with E-state index in [1.165, 1.54) is 24.3 Å². The Bertz CT molecular complexity index is 685. The van der Waals surface area contributed by atoms with Gasteiger partial charge in [-0.3, -0.25) is 9.36 Å². The van der Waals surface area contributed by atoms with Crippen molar-refractivity contribution in [3.05, 3.63) is 23.0 Å². The highest BCUT2D eigenvalue weighted by Crippen LogP contribution is 2.32. The Kier molecular flexibility index (Phi) is 3.69. The average Bonchev–Trinajstić information content (AvgIpc) is 3.03. The number of rotatable bonds is 4. The van der Waals surface area contributed by atoms with Crippen LogP contribution < -0.4 is 5.56 Å². The molecule has 0 radical (unpaired) electrons. The second kappa shape index (κ2) is 5.50. The topological polar surface area (TPSA) is 132 Å². The van der Waals surface area contributed by atoms with Crippen molar-refractivity contribution in [3.63, 3.8) is 0 Å². The first-order chi connectivity index (χ1) is 10.2. The number of nitrogens with one attached hydrogen (secondary N) is 1. The molecule has 0 aromatic carbocycles. The second-order valence-corrected chi connectivity index (χ2v) is 4.52. The Labute approximate surface area is 117 Å². The van der Waals surface area contributed by atoms with Crippen LogP contribution in [-0.4, -0.2) is 61.8 Å². The number of hydrogen-bond donors (Lipinski definition) is 3. The number of hydrogen-bond acceptors (Lipinski definition) is 8. The SMILES string of the molecule is COO[C@@H]1[C@H](O)[C@@H](CO)O[C@H]1n1cnc2c(=O)[nH]cnc21. The minimum Gasteiger partial charge on any atom is -0.394 e. The van der Waals surface area contributed by atoms with Gasteiger partial charge in [-0.25, -0.2) is 19.7 Å². The highest BCUT2D eigenvalue weighted by molar-refractivity contribution is 5.68. The third kappa shape index (κ3) is 2.22. The van der Waals surface area contributed by atoms with Gasteiger partial charge in [-0.15, -0.1) is 0 Å². The van der Waals surface area contributed by atoms with E-state index in [0.717, 1.165) is 0 Å². The monoisotopic (exact) mass is 298 g/mol. The van der Waals surface area contributed by atoms with Crippen molar-refractivity contribution in [1.29, 1.82) is 0 Å². The van der Waals surface area contributed by atoms with Gasteiger partial charge in [0.05, 0.1) is 26.4 Å². The summed E-state index contributed by atoms with van der Waals surface area (Å²) in [6, 6.07) is 0. The lowest BCUT2D eigenvalue weighted by atomic mass is 10.1. The highest BCUT2D eigenvalue weighted by atomic mass is 17.2. The molecule has 1 fully saturated rings. The molecule has 0 amide bonds. The van der Waals surface area contributed by atoms with Crippen molar-refractivity contribution in [2.24, 2.45) is 0 Å². The number of nitrogens with zero attached hydrogens (tertiary/aromatic N) is 3. The van der Waals surface area contributed by atoms with Crippen LogP contribution in [0.5, 0.6) is 0 Å². The van der Waals surface area contributed by atoms with Crippen molar-refractivity contribution in [2.75, 3.05) is 13.7 Å². The molecule has 0 unspecified atom stereocenters. The van der Waals surface area contributed by atoms with Crippen molar-refractivity contribution in [2.45, 2.75) is 24.5 Å². The van der Waals surface area contributed by atoms with Crippen LogP contribution in [0.2, 0.25) is 0 Å². The normalized spacial score (nSPS) is 29.3. The number of aromatic nitrogens is 4.